The maximum absolute atomic E-state index is 12.5. The summed E-state index contributed by atoms with van der Waals surface area (Å²) in [7, 11) is -2.49. The first-order valence-electron chi connectivity index (χ1n) is 9.27. The van der Waals surface area contributed by atoms with Gasteiger partial charge in [-0.15, -0.1) is 0 Å². The van der Waals surface area contributed by atoms with Crippen LogP contribution in [0.15, 0.2) is 77.0 Å². The molecule has 0 spiro atoms. The second kappa shape index (κ2) is 9.86. The van der Waals surface area contributed by atoms with Crippen LogP contribution in [0.1, 0.15) is 16.7 Å². The predicted molar refractivity (Wildman–Crippen MR) is 116 cm³/mol. The molecule has 0 saturated heterocycles. The van der Waals surface area contributed by atoms with Crippen LogP contribution in [0.25, 0.3) is 0 Å². The number of hydrazone groups is 1. The molecule has 0 fully saturated rings. The van der Waals surface area contributed by atoms with Gasteiger partial charge in [0.2, 0.25) is 5.91 Å². The molecule has 8 nitrogen and oxygen atoms in total. The molecule has 3 rings (SSSR count). The van der Waals surface area contributed by atoms with Crippen molar-refractivity contribution in [1.29, 1.82) is 0 Å². The molecular formula is C22H21N3O5S. The number of hydrogen-bond donors (Lipinski definition) is 1. The summed E-state index contributed by atoms with van der Waals surface area (Å²) in [4.78, 5) is 16.1. The van der Waals surface area contributed by atoms with E-state index in [1.54, 1.807) is 43.5 Å². The van der Waals surface area contributed by atoms with Crippen LogP contribution in [0, 0.1) is 6.92 Å². The Balaban J connectivity index is 1.68. The van der Waals surface area contributed by atoms with E-state index in [-0.39, 0.29) is 23.0 Å². The lowest BCUT2D eigenvalue weighted by Crippen LogP contribution is -2.20. The number of nitrogens with zero attached hydrogens (tertiary/aromatic N) is 2. The van der Waals surface area contributed by atoms with Gasteiger partial charge in [0.15, 0.2) is 5.75 Å². The average molecular weight is 439 g/mol. The number of nitrogens with one attached hydrogen (secondary N) is 1. The maximum atomic E-state index is 12.5. The number of amides is 1. The van der Waals surface area contributed by atoms with E-state index in [2.05, 4.69) is 15.5 Å². The summed E-state index contributed by atoms with van der Waals surface area (Å²) >= 11 is 0. The smallest absolute Gasteiger partial charge is 0.339 e. The highest BCUT2D eigenvalue weighted by molar-refractivity contribution is 7.87. The Bertz CT molecular complexity index is 1190. The molecule has 0 aliphatic rings. The summed E-state index contributed by atoms with van der Waals surface area (Å²) < 4.78 is 35.4. The van der Waals surface area contributed by atoms with E-state index in [0.717, 1.165) is 11.1 Å². The highest BCUT2D eigenvalue weighted by atomic mass is 32.2. The van der Waals surface area contributed by atoms with Crippen LogP contribution in [-0.2, 0) is 21.3 Å². The average Bonchev–Trinajstić information content (AvgIpc) is 2.75. The van der Waals surface area contributed by atoms with Crippen molar-refractivity contribution in [2.24, 2.45) is 5.10 Å². The first-order valence-corrected chi connectivity index (χ1v) is 10.7. The lowest BCUT2D eigenvalue weighted by molar-refractivity contribution is -0.120. The minimum atomic E-state index is -4.04. The number of pyridine rings is 1. The summed E-state index contributed by atoms with van der Waals surface area (Å²) in [6.45, 7) is 1.86. The Hall–Kier alpha value is -3.72. The molecule has 1 heterocycles. The SMILES string of the molecule is COc1cccc(CC(=O)NN=Cc2ccncc2OS(=O)(=O)c2ccc(C)cc2)c1. The molecule has 3 aromatic rings. The van der Waals surface area contributed by atoms with Gasteiger partial charge in [0.1, 0.15) is 10.6 Å². The van der Waals surface area contributed by atoms with Crippen LogP contribution in [0.5, 0.6) is 11.5 Å². The second-order valence-electron chi connectivity index (χ2n) is 6.59. The Morgan fingerprint density at radius 3 is 2.68 bits per heavy atom. The van der Waals surface area contributed by atoms with Crippen LogP contribution < -0.4 is 14.3 Å². The molecule has 31 heavy (non-hydrogen) atoms. The molecule has 0 bridgehead atoms. The van der Waals surface area contributed by atoms with Crippen LogP contribution >= 0.6 is 0 Å². The number of ether oxygens (including phenoxy) is 1. The Morgan fingerprint density at radius 1 is 1.16 bits per heavy atom. The van der Waals surface area contributed by atoms with Gasteiger partial charge < -0.3 is 8.92 Å². The van der Waals surface area contributed by atoms with E-state index in [0.29, 0.717) is 11.3 Å². The lowest BCUT2D eigenvalue weighted by Gasteiger charge is -2.09. The molecule has 0 aliphatic heterocycles. The first kappa shape index (κ1) is 22.0. The van der Waals surface area contributed by atoms with Crippen molar-refractivity contribution in [3.63, 3.8) is 0 Å². The fourth-order valence-corrected chi connectivity index (χ4v) is 3.56. The lowest BCUT2D eigenvalue weighted by atomic mass is 10.1. The Kier molecular flexibility index (Phi) is 6.99. The molecule has 1 aromatic heterocycles. The molecule has 0 unspecified atom stereocenters. The molecule has 2 aromatic carbocycles. The normalized spacial score (nSPS) is 11.3. The predicted octanol–water partition coefficient (Wildman–Crippen LogP) is 2.86. The molecule has 0 radical (unpaired) electrons. The standard InChI is InChI=1S/C22H21N3O5S/c1-16-6-8-20(9-7-16)31(27,28)30-21-15-23-11-10-18(21)14-24-25-22(26)13-17-4-3-5-19(12-17)29-2/h3-12,14-15H,13H2,1-2H3,(H,25,26). The monoisotopic (exact) mass is 439 g/mol. The number of rotatable bonds is 8. The summed E-state index contributed by atoms with van der Waals surface area (Å²) in [5.41, 5.74) is 4.45. The largest absolute Gasteiger partial charge is 0.497 e. The fraction of sp³-hybridized carbons (Fsp3) is 0.136. The number of carbonyl (C=O) groups excluding carboxylic acids is 1. The van der Waals surface area contributed by atoms with Crippen LogP contribution in [-0.4, -0.2) is 32.6 Å². The molecule has 1 amide bonds. The van der Waals surface area contributed by atoms with Crippen molar-refractivity contribution in [2.75, 3.05) is 7.11 Å². The summed E-state index contributed by atoms with van der Waals surface area (Å²) in [6.07, 6.45) is 4.14. The molecule has 0 atom stereocenters. The van der Waals surface area contributed by atoms with Crippen molar-refractivity contribution in [2.45, 2.75) is 18.2 Å². The van der Waals surface area contributed by atoms with Gasteiger partial charge in [-0.25, -0.2) is 5.43 Å². The molecule has 9 heteroatoms. The van der Waals surface area contributed by atoms with Gasteiger partial charge in [0, 0.05) is 11.8 Å². The zero-order valence-electron chi connectivity index (χ0n) is 17.0. The number of methoxy groups -OCH3 is 1. The maximum Gasteiger partial charge on any atom is 0.339 e. The topological polar surface area (TPSA) is 107 Å². The zero-order valence-corrected chi connectivity index (χ0v) is 17.8. The third kappa shape index (κ3) is 6.13. The van der Waals surface area contributed by atoms with Crippen molar-refractivity contribution >= 4 is 22.2 Å². The van der Waals surface area contributed by atoms with E-state index in [1.807, 2.05) is 6.92 Å². The Labute approximate surface area is 180 Å². The summed E-state index contributed by atoms with van der Waals surface area (Å²) in [5, 5.41) is 3.90. The zero-order chi connectivity index (χ0) is 22.3. The van der Waals surface area contributed by atoms with Gasteiger partial charge in [-0.2, -0.15) is 13.5 Å². The summed E-state index contributed by atoms with van der Waals surface area (Å²) in [5.74, 6) is 0.310. The molecular weight excluding hydrogens is 418 g/mol. The van der Waals surface area contributed by atoms with Crippen LogP contribution in [0.2, 0.25) is 0 Å². The highest BCUT2D eigenvalue weighted by Crippen LogP contribution is 2.21. The van der Waals surface area contributed by atoms with E-state index < -0.39 is 10.1 Å². The third-order valence-electron chi connectivity index (χ3n) is 4.22. The highest BCUT2D eigenvalue weighted by Gasteiger charge is 2.18. The van der Waals surface area contributed by atoms with E-state index >= 15 is 0 Å². The van der Waals surface area contributed by atoms with Crippen molar-refractivity contribution in [3.05, 3.63) is 83.7 Å². The van der Waals surface area contributed by atoms with Gasteiger partial charge in [0.25, 0.3) is 0 Å². The quantitative estimate of drug-likeness (QED) is 0.329. The first-order chi connectivity index (χ1) is 14.9. The number of hydrogen-bond acceptors (Lipinski definition) is 7. The molecule has 160 valence electrons. The number of carbonyl (C=O) groups is 1. The molecule has 0 aliphatic carbocycles. The van der Waals surface area contributed by atoms with Crippen molar-refractivity contribution < 1.29 is 22.1 Å². The summed E-state index contributed by atoms with van der Waals surface area (Å²) in [6, 6.07) is 15.0. The Morgan fingerprint density at radius 2 is 1.94 bits per heavy atom. The fourth-order valence-electron chi connectivity index (χ4n) is 2.62. The van der Waals surface area contributed by atoms with E-state index in [4.69, 9.17) is 8.92 Å². The van der Waals surface area contributed by atoms with Crippen molar-refractivity contribution in [3.8, 4) is 11.5 Å². The molecule has 0 saturated carbocycles. The van der Waals surface area contributed by atoms with Crippen molar-refractivity contribution in [1.82, 2.24) is 10.4 Å². The van der Waals surface area contributed by atoms with Gasteiger partial charge in [-0.05, 0) is 42.8 Å². The minimum absolute atomic E-state index is 0.00568. The molecule has 1 N–H and O–H groups in total. The number of benzene rings is 2. The minimum Gasteiger partial charge on any atom is -0.497 e. The second-order valence-corrected chi connectivity index (χ2v) is 8.13. The van der Waals surface area contributed by atoms with Gasteiger partial charge >= 0.3 is 10.1 Å². The van der Waals surface area contributed by atoms with E-state index in [9.17, 15) is 13.2 Å². The van der Waals surface area contributed by atoms with Crippen LogP contribution in [0.3, 0.4) is 0 Å². The number of aryl methyl sites for hydroxylation is 1. The van der Waals surface area contributed by atoms with Gasteiger partial charge in [0.05, 0.1) is 25.9 Å². The van der Waals surface area contributed by atoms with Crippen LogP contribution in [0.4, 0.5) is 0 Å². The van der Waals surface area contributed by atoms with E-state index in [1.165, 1.54) is 36.8 Å². The number of aromatic nitrogens is 1. The van der Waals surface area contributed by atoms with Gasteiger partial charge in [-0.1, -0.05) is 29.8 Å². The van der Waals surface area contributed by atoms with Gasteiger partial charge in [-0.3, -0.25) is 9.78 Å². The third-order valence-corrected chi connectivity index (χ3v) is 5.47.